The van der Waals surface area contributed by atoms with Crippen LogP contribution >= 0.6 is 11.5 Å². The van der Waals surface area contributed by atoms with Crippen LogP contribution in [0.2, 0.25) is 0 Å². The van der Waals surface area contributed by atoms with E-state index in [-0.39, 0.29) is 34.1 Å². The molecule has 8 heteroatoms. The standard InChI is InChI=1S/C14H17N5O2S/c1-8(2)18-13(20)11-10(15)12(22-19-11)14(21)17-7-9-3-5-16-6-4-9/h3-6,8H,7,15H2,1-2H3,(H,17,21)(H,18,20). The highest BCUT2D eigenvalue weighted by atomic mass is 32.1. The van der Waals surface area contributed by atoms with Crippen molar-refractivity contribution in [1.29, 1.82) is 0 Å². The highest BCUT2D eigenvalue weighted by molar-refractivity contribution is 7.09. The minimum atomic E-state index is -0.378. The lowest BCUT2D eigenvalue weighted by atomic mass is 10.2. The number of nitrogen functional groups attached to an aromatic ring is 1. The lowest BCUT2D eigenvalue weighted by molar-refractivity contribution is 0.0939. The summed E-state index contributed by atoms with van der Waals surface area (Å²) in [5.74, 6) is -0.729. The van der Waals surface area contributed by atoms with Gasteiger partial charge >= 0.3 is 0 Å². The number of nitrogens with zero attached hydrogens (tertiary/aromatic N) is 2. The molecule has 0 bridgehead atoms. The Bertz CT molecular complexity index is 669. The molecule has 2 amide bonds. The van der Waals surface area contributed by atoms with Crippen LogP contribution in [0.1, 0.15) is 39.6 Å². The maximum atomic E-state index is 12.1. The van der Waals surface area contributed by atoms with E-state index >= 15 is 0 Å². The number of hydrogen-bond donors (Lipinski definition) is 3. The quantitative estimate of drug-likeness (QED) is 0.767. The number of aromatic nitrogens is 2. The zero-order valence-corrected chi connectivity index (χ0v) is 13.1. The lowest BCUT2D eigenvalue weighted by Gasteiger charge is -2.07. The third-order valence-electron chi connectivity index (χ3n) is 2.77. The van der Waals surface area contributed by atoms with E-state index < -0.39 is 0 Å². The highest BCUT2D eigenvalue weighted by Crippen LogP contribution is 2.21. The molecule has 0 aromatic carbocycles. The molecule has 0 spiro atoms. The van der Waals surface area contributed by atoms with Gasteiger partial charge in [0.2, 0.25) is 0 Å². The predicted molar refractivity (Wildman–Crippen MR) is 84.5 cm³/mol. The molecule has 7 nitrogen and oxygen atoms in total. The Kier molecular flexibility index (Phi) is 5.05. The van der Waals surface area contributed by atoms with E-state index in [9.17, 15) is 9.59 Å². The van der Waals surface area contributed by atoms with Crippen LogP contribution in [-0.4, -0.2) is 27.2 Å². The summed E-state index contributed by atoms with van der Waals surface area (Å²) in [6.07, 6.45) is 3.30. The Morgan fingerprint density at radius 3 is 2.59 bits per heavy atom. The fourth-order valence-electron chi connectivity index (χ4n) is 1.72. The third kappa shape index (κ3) is 3.79. The number of anilines is 1. The van der Waals surface area contributed by atoms with Gasteiger partial charge in [-0.1, -0.05) is 0 Å². The van der Waals surface area contributed by atoms with E-state index in [1.54, 1.807) is 24.5 Å². The van der Waals surface area contributed by atoms with Gasteiger partial charge in [0.25, 0.3) is 11.8 Å². The van der Waals surface area contributed by atoms with Crippen molar-refractivity contribution in [2.24, 2.45) is 0 Å². The number of carbonyl (C=O) groups excluding carboxylic acids is 2. The molecule has 0 saturated heterocycles. The summed E-state index contributed by atoms with van der Waals surface area (Å²) in [4.78, 5) is 28.2. The normalized spacial score (nSPS) is 10.5. The van der Waals surface area contributed by atoms with E-state index in [1.165, 1.54) is 0 Å². The summed E-state index contributed by atoms with van der Waals surface area (Å²) in [7, 11) is 0. The minimum Gasteiger partial charge on any atom is -0.395 e. The molecule has 0 radical (unpaired) electrons. The Labute approximate surface area is 132 Å². The molecule has 0 unspecified atom stereocenters. The lowest BCUT2D eigenvalue weighted by Crippen LogP contribution is -2.31. The molecule has 0 fully saturated rings. The summed E-state index contributed by atoms with van der Waals surface area (Å²) in [6.45, 7) is 4.03. The van der Waals surface area contributed by atoms with Crippen molar-refractivity contribution in [2.75, 3.05) is 5.73 Å². The Balaban J connectivity index is 2.05. The molecule has 2 heterocycles. The van der Waals surface area contributed by atoms with Crippen LogP contribution in [0, 0.1) is 0 Å². The Morgan fingerprint density at radius 2 is 1.95 bits per heavy atom. The molecule has 0 saturated carbocycles. The van der Waals surface area contributed by atoms with Crippen molar-refractivity contribution >= 4 is 29.0 Å². The van der Waals surface area contributed by atoms with Crippen molar-refractivity contribution in [3.8, 4) is 0 Å². The molecule has 2 aromatic heterocycles. The monoisotopic (exact) mass is 319 g/mol. The first kappa shape index (κ1) is 15.9. The first-order valence-corrected chi connectivity index (χ1v) is 7.49. The molecular weight excluding hydrogens is 302 g/mol. The van der Waals surface area contributed by atoms with Gasteiger partial charge < -0.3 is 16.4 Å². The third-order valence-corrected chi connectivity index (χ3v) is 3.63. The number of carbonyl (C=O) groups is 2. The Hall–Kier alpha value is -2.48. The van der Waals surface area contributed by atoms with Gasteiger partial charge in [-0.3, -0.25) is 14.6 Å². The second-order valence-electron chi connectivity index (χ2n) is 4.94. The first-order chi connectivity index (χ1) is 10.5. The van der Waals surface area contributed by atoms with E-state index in [1.807, 2.05) is 13.8 Å². The number of nitrogens with one attached hydrogen (secondary N) is 2. The van der Waals surface area contributed by atoms with Crippen molar-refractivity contribution < 1.29 is 9.59 Å². The molecule has 0 aliphatic heterocycles. The molecule has 4 N–H and O–H groups in total. The van der Waals surface area contributed by atoms with Crippen molar-refractivity contribution in [2.45, 2.75) is 26.4 Å². The molecule has 116 valence electrons. The maximum Gasteiger partial charge on any atom is 0.273 e. The molecular formula is C14H17N5O2S. The fourth-order valence-corrected chi connectivity index (χ4v) is 2.43. The van der Waals surface area contributed by atoms with Gasteiger partial charge in [-0.2, -0.15) is 4.37 Å². The second-order valence-corrected chi connectivity index (χ2v) is 5.71. The zero-order valence-electron chi connectivity index (χ0n) is 12.3. The fraction of sp³-hybridized carbons (Fsp3) is 0.286. The van der Waals surface area contributed by atoms with Gasteiger partial charge in [0.1, 0.15) is 4.88 Å². The van der Waals surface area contributed by atoms with Gasteiger partial charge in [-0.15, -0.1) is 0 Å². The van der Waals surface area contributed by atoms with Crippen LogP contribution in [0.5, 0.6) is 0 Å². The van der Waals surface area contributed by atoms with E-state index in [4.69, 9.17) is 5.73 Å². The summed E-state index contributed by atoms with van der Waals surface area (Å²) in [5.41, 5.74) is 6.98. The molecule has 0 atom stereocenters. The SMILES string of the molecule is CC(C)NC(=O)c1nsc(C(=O)NCc2ccncc2)c1N. The van der Waals surface area contributed by atoms with Gasteiger partial charge in [0.15, 0.2) is 5.69 Å². The number of nitrogens with two attached hydrogens (primary N) is 1. The van der Waals surface area contributed by atoms with Crippen LogP contribution in [-0.2, 0) is 6.54 Å². The summed E-state index contributed by atoms with van der Waals surface area (Å²) in [5, 5.41) is 5.44. The predicted octanol–water partition coefficient (Wildman–Crippen LogP) is 1.19. The van der Waals surface area contributed by atoms with Crippen LogP contribution < -0.4 is 16.4 Å². The molecule has 2 aromatic rings. The highest BCUT2D eigenvalue weighted by Gasteiger charge is 2.22. The van der Waals surface area contributed by atoms with E-state index in [0.717, 1.165) is 17.1 Å². The zero-order chi connectivity index (χ0) is 16.1. The summed E-state index contributed by atoms with van der Waals surface area (Å²) >= 11 is 0.915. The van der Waals surface area contributed by atoms with Gasteiger partial charge in [-0.05, 0) is 43.1 Å². The van der Waals surface area contributed by atoms with Gasteiger partial charge in [0.05, 0.1) is 5.69 Å². The first-order valence-electron chi connectivity index (χ1n) is 6.72. The largest absolute Gasteiger partial charge is 0.395 e. The van der Waals surface area contributed by atoms with Crippen molar-refractivity contribution in [3.63, 3.8) is 0 Å². The number of hydrogen-bond acceptors (Lipinski definition) is 6. The number of rotatable bonds is 5. The molecule has 2 rings (SSSR count). The summed E-state index contributed by atoms with van der Waals surface area (Å²) < 4.78 is 3.98. The summed E-state index contributed by atoms with van der Waals surface area (Å²) in [6, 6.07) is 3.58. The molecule has 22 heavy (non-hydrogen) atoms. The van der Waals surface area contributed by atoms with Crippen LogP contribution in [0.4, 0.5) is 5.69 Å². The Morgan fingerprint density at radius 1 is 1.27 bits per heavy atom. The van der Waals surface area contributed by atoms with Crippen LogP contribution in [0.3, 0.4) is 0 Å². The molecule has 0 aliphatic rings. The number of amides is 2. The topological polar surface area (TPSA) is 110 Å². The smallest absolute Gasteiger partial charge is 0.273 e. The maximum absolute atomic E-state index is 12.1. The van der Waals surface area contributed by atoms with Crippen molar-refractivity contribution in [1.82, 2.24) is 20.0 Å². The van der Waals surface area contributed by atoms with Crippen LogP contribution in [0.15, 0.2) is 24.5 Å². The minimum absolute atomic E-state index is 0.0300. The van der Waals surface area contributed by atoms with Crippen molar-refractivity contribution in [3.05, 3.63) is 40.7 Å². The van der Waals surface area contributed by atoms with E-state index in [0.29, 0.717) is 6.54 Å². The van der Waals surface area contributed by atoms with Gasteiger partial charge in [-0.25, -0.2) is 0 Å². The van der Waals surface area contributed by atoms with Crippen LogP contribution in [0.25, 0.3) is 0 Å². The molecule has 0 aliphatic carbocycles. The number of pyridine rings is 1. The average molecular weight is 319 g/mol. The van der Waals surface area contributed by atoms with Gasteiger partial charge in [0, 0.05) is 25.0 Å². The van der Waals surface area contributed by atoms with E-state index in [2.05, 4.69) is 20.0 Å². The average Bonchev–Trinajstić information content (AvgIpc) is 2.87. The second kappa shape index (κ2) is 6.99.